The zero-order valence-corrected chi connectivity index (χ0v) is 15.3. The van der Waals surface area contributed by atoms with Gasteiger partial charge in [-0.05, 0) is 37.1 Å². The predicted molar refractivity (Wildman–Crippen MR) is 102 cm³/mol. The summed E-state index contributed by atoms with van der Waals surface area (Å²) < 4.78 is 5.32. The number of hydrogen-bond donors (Lipinski definition) is 1. The minimum atomic E-state index is -0.161. The predicted octanol–water partition coefficient (Wildman–Crippen LogP) is 2.34. The van der Waals surface area contributed by atoms with Gasteiger partial charge in [0, 0.05) is 37.8 Å². The zero-order chi connectivity index (χ0) is 18.6. The van der Waals surface area contributed by atoms with Crippen molar-refractivity contribution in [3.8, 4) is 0 Å². The number of pyridine rings is 1. The number of carbonyl (C=O) groups excluding carboxylic acids is 2. The highest BCUT2D eigenvalue weighted by Crippen LogP contribution is 2.24. The van der Waals surface area contributed by atoms with E-state index < -0.39 is 0 Å². The fourth-order valence-corrected chi connectivity index (χ4v) is 3.81. The summed E-state index contributed by atoms with van der Waals surface area (Å²) in [5, 5.41) is 3.90. The highest BCUT2D eigenvalue weighted by molar-refractivity contribution is 6.00. The molecule has 2 aromatic rings. The zero-order valence-electron chi connectivity index (χ0n) is 15.3. The third-order valence-electron chi connectivity index (χ3n) is 5.27. The number of fused-ring (bicyclic) bond motifs is 1. The molecule has 7 nitrogen and oxygen atoms in total. The van der Waals surface area contributed by atoms with Crippen LogP contribution in [-0.4, -0.2) is 66.1 Å². The van der Waals surface area contributed by atoms with Crippen LogP contribution >= 0.6 is 0 Å². The van der Waals surface area contributed by atoms with Crippen molar-refractivity contribution in [3.05, 3.63) is 36.5 Å². The van der Waals surface area contributed by atoms with E-state index in [4.69, 9.17) is 4.74 Å². The summed E-state index contributed by atoms with van der Waals surface area (Å²) in [5.74, 6) is 0.0157. The van der Waals surface area contributed by atoms with E-state index >= 15 is 0 Å². The standard InChI is InChI=1S/C20H24N4O3/c25-19(23-10-12-27-13-11-23)15-4-3-9-24(14-15)20(26)22-18-7-1-6-17-16(18)5-2-8-21-17/h1-2,5-8,15H,3-4,9-14H2,(H,22,26)/t15-/m0/s1. The van der Waals surface area contributed by atoms with Crippen LogP contribution in [0.1, 0.15) is 12.8 Å². The number of benzene rings is 1. The molecule has 0 spiro atoms. The van der Waals surface area contributed by atoms with Gasteiger partial charge < -0.3 is 19.9 Å². The van der Waals surface area contributed by atoms with Gasteiger partial charge in [0.15, 0.2) is 0 Å². The van der Waals surface area contributed by atoms with Crippen LogP contribution in [0.4, 0.5) is 10.5 Å². The maximum Gasteiger partial charge on any atom is 0.321 e. The van der Waals surface area contributed by atoms with Gasteiger partial charge in [0.1, 0.15) is 0 Å². The first kappa shape index (κ1) is 17.7. The molecule has 2 fully saturated rings. The Morgan fingerprint density at radius 2 is 1.93 bits per heavy atom. The van der Waals surface area contributed by atoms with Crippen molar-refractivity contribution in [3.63, 3.8) is 0 Å². The number of urea groups is 1. The van der Waals surface area contributed by atoms with E-state index in [-0.39, 0.29) is 17.9 Å². The first-order chi connectivity index (χ1) is 13.2. The number of amides is 3. The van der Waals surface area contributed by atoms with Crippen LogP contribution in [0.3, 0.4) is 0 Å². The normalized spacial score (nSPS) is 20.5. The molecule has 2 aliphatic rings. The van der Waals surface area contributed by atoms with E-state index in [0.717, 1.165) is 29.4 Å². The van der Waals surface area contributed by atoms with Crippen molar-refractivity contribution in [1.29, 1.82) is 0 Å². The Bertz CT molecular complexity index is 830. The Hall–Kier alpha value is -2.67. The number of piperidine rings is 1. The largest absolute Gasteiger partial charge is 0.378 e. The lowest BCUT2D eigenvalue weighted by molar-refractivity contribution is -0.141. The van der Waals surface area contributed by atoms with E-state index in [1.165, 1.54) is 0 Å². The fraction of sp³-hybridized carbons (Fsp3) is 0.450. The lowest BCUT2D eigenvalue weighted by atomic mass is 9.96. The average molecular weight is 368 g/mol. The van der Waals surface area contributed by atoms with Gasteiger partial charge in [0.2, 0.25) is 5.91 Å². The van der Waals surface area contributed by atoms with Gasteiger partial charge in [-0.2, -0.15) is 0 Å². The van der Waals surface area contributed by atoms with Crippen molar-refractivity contribution >= 4 is 28.5 Å². The molecule has 2 saturated heterocycles. The Balaban J connectivity index is 1.43. The number of aromatic nitrogens is 1. The Morgan fingerprint density at radius 1 is 1.07 bits per heavy atom. The van der Waals surface area contributed by atoms with Crippen molar-refractivity contribution in [2.24, 2.45) is 5.92 Å². The van der Waals surface area contributed by atoms with Crippen molar-refractivity contribution in [1.82, 2.24) is 14.8 Å². The van der Waals surface area contributed by atoms with E-state index in [1.54, 1.807) is 11.1 Å². The van der Waals surface area contributed by atoms with Gasteiger partial charge in [0.05, 0.1) is 30.3 Å². The van der Waals surface area contributed by atoms with Crippen molar-refractivity contribution < 1.29 is 14.3 Å². The van der Waals surface area contributed by atoms with Gasteiger partial charge in [-0.15, -0.1) is 0 Å². The Kier molecular flexibility index (Phi) is 5.20. The second-order valence-corrected chi connectivity index (χ2v) is 7.03. The molecule has 4 rings (SSSR count). The molecular formula is C20H24N4O3. The number of ether oxygens (including phenoxy) is 1. The van der Waals surface area contributed by atoms with Crippen molar-refractivity contribution in [2.45, 2.75) is 12.8 Å². The maximum absolute atomic E-state index is 12.8. The van der Waals surface area contributed by atoms with Gasteiger partial charge >= 0.3 is 6.03 Å². The summed E-state index contributed by atoms with van der Waals surface area (Å²) in [6.45, 7) is 3.61. The van der Waals surface area contributed by atoms with Gasteiger partial charge in [-0.25, -0.2) is 4.79 Å². The smallest absolute Gasteiger partial charge is 0.321 e. The van der Waals surface area contributed by atoms with Gasteiger partial charge in [0.25, 0.3) is 0 Å². The lowest BCUT2D eigenvalue weighted by Gasteiger charge is -2.36. The summed E-state index contributed by atoms with van der Waals surface area (Å²) in [5.41, 5.74) is 1.58. The quantitative estimate of drug-likeness (QED) is 0.883. The fourth-order valence-electron chi connectivity index (χ4n) is 3.81. The molecule has 3 amide bonds. The SMILES string of the molecule is O=C(Nc1cccc2ncccc12)N1CCC[C@H](C(=O)N2CCOCC2)C1. The number of likely N-dealkylation sites (tertiary alicyclic amines) is 1. The lowest BCUT2D eigenvalue weighted by Crippen LogP contribution is -2.50. The molecule has 1 N–H and O–H groups in total. The van der Waals surface area contributed by atoms with Crippen molar-refractivity contribution in [2.75, 3.05) is 44.7 Å². The number of anilines is 1. The molecule has 1 aromatic carbocycles. The van der Waals surface area contributed by atoms with Crippen LogP contribution in [0.15, 0.2) is 36.5 Å². The third-order valence-corrected chi connectivity index (χ3v) is 5.27. The summed E-state index contributed by atoms with van der Waals surface area (Å²) in [6.07, 6.45) is 3.41. The molecule has 27 heavy (non-hydrogen) atoms. The molecule has 2 aliphatic heterocycles. The molecular weight excluding hydrogens is 344 g/mol. The molecule has 142 valence electrons. The second kappa shape index (κ2) is 7.92. The number of nitrogens with zero attached hydrogens (tertiary/aromatic N) is 3. The molecule has 1 aromatic heterocycles. The monoisotopic (exact) mass is 368 g/mol. The molecule has 1 atom stereocenters. The number of hydrogen-bond acceptors (Lipinski definition) is 4. The van der Waals surface area contributed by atoms with Crippen LogP contribution in [0.25, 0.3) is 10.9 Å². The summed E-state index contributed by atoms with van der Waals surface area (Å²) in [7, 11) is 0. The van der Waals surface area contributed by atoms with E-state index in [1.807, 2.05) is 35.2 Å². The third kappa shape index (κ3) is 3.88. The number of nitrogens with one attached hydrogen (secondary N) is 1. The van der Waals surface area contributed by atoms with Crippen LogP contribution in [-0.2, 0) is 9.53 Å². The maximum atomic E-state index is 12.8. The summed E-state index contributed by atoms with van der Waals surface area (Å²) >= 11 is 0. The first-order valence-electron chi connectivity index (χ1n) is 9.48. The van der Waals surface area contributed by atoms with Crippen LogP contribution in [0.2, 0.25) is 0 Å². The molecule has 0 aliphatic carbocycles. The molecule has 7 heteroatoms. The minimum Gasteiger partial charge on any atom is -0.378 e. The van der Waals surface area contributed by atoms with Gasteiger partial charge in [-0.3, -0.25) is 9.78 Å². The van der Waals surface area contributed by atoms with Crippen LogP contribution in [0.5, 0.6) is 0 Å². The van der Waals surface area contributed by atoms with Gasteiger partial charge in [-0.1, -0.05) is 6.07 Å². The molecule has 3 heterocycles. The molecule has 0 unspecified atom stereocenters. The van der Waals surface area contributed by atoms with E-state index in [9.17, 15) is 9.59 Å². The molecule has 0 radical (unpaired) electrons. The number of rotatable bonds is 2. The minimum absolute atomic E-state index is 0.128. The summed E-state index contributed by atoms with van der Waals surface area (Å²) in [6, 6.07) is 9.32. The average Bonchev–Trinajstić information content (AvgIpc) is 2.74. The first-order valence-corrected chi connectivity index (χ1v) is 9.48. The van der Waals surface area contributed by atoms with E-state index in [2.05, 4.69) is 10.3 Å². The topological polar surface area (TPSA) is 74.8 Å². The second-order valence-electron chi connectivity index (χ2n) is 7.03. The highest BCUT2D eigenvalue weighted by atomic mass is 16.5. The summed E-state index contributed by atoms with van der Waals surface area (Å²) in [4.78, 5) is 33.5. The van der Waals surface area contributed by atoms with E-state index in [0.29, 0.717) is 39.4 Å². The highest BCUT2D eigenvalue weighted by Gasteiger charge is 2.32. The molecule has 0 bridgehead atoms. The Labute approximate surface area is 158 Å². The number of carbonyl (C=O) groups is 2. The number of morpholine rings is 1. The molecule has 0 saturated carbocycles. The Morgan fingerprint density at radius 3 is 2.78 bits per heavy atom. The van der Waals surface area contributed by atoms with Crippen LogP contribution in [0, 0.1) is 5.92 Å². The van der Waals surface area contributed by atoms with Crippen LogP contribution < -0.4 is 5.32 Å².